The Labute approximate surface area is 156 Å². The van der Waals surface area contributed by atoms with Crippen molar-refractivity contribution in [2.75, 3.05) is 5.32 Å². The number of nitrogens with zero attached hydrogens (tertiary/aromatic N) is 3. The number of benzene rings is 1. The minimum atomic E-state index is -2.67. The molecule has 134 valence electrons. The molecule has 8 heteroatoms. The van der Waals surface area contributed by atoms with Gasteiger partial charge in [-0.2, -0.15) is 5.10 Å². The highest BCUT2D eigenvalue weighted by Crippen LogP contribution is 2.40. The molecule has 3 aromatic rings. The third kappa shape index (κ3) is 3.33. The van der Waals surface area contributed by atoms with Gasteiger partial charge in [-0.3, -0.25) is 14.5 Å². The molecular weight excluding hydrogens is 406 g/mol. The minimum Gasteiger partial charge on any atom is -0.323 e. The van der Waals surface area contributed by atoms with Gasteiger partial charge in [0, 0.05) is 22.0 Å². The Bertz CT molecular complexity index is 984. The number of hydrogen-bond acceptors (Lipinski definition) is 3. The van der Waals surface area contributed by atoms with Crippen molar-refractivity contribution in [1.82, 2.24) is 14.8 Å². The predicted molar refractivity (Wildman–Crippen MR) is 97.2 cm³/mol. The molecule has 1 aliphatic rings. The van der Waals surface area contributed by atoms with Crippen LogP contribution in [0.4, 0.5) is 14.5 Å². The Morgan fingerprint density at radius 3 is 2.88 bits per heavy atom. The topological polar surface area (TPSA) is 59.8 Å². The van der Waals surface area contributed by atoms with E-state index in [-0.39, 0.29) is 18.2 Å². The number of fused-ring (bicyclic) bond motifs is 1. The van der Waals surface area contributed by atoms with E-state index in [9.17, 15) is 13.6 Å². The third-order valence-electron chi connectivity index (χ3n) is 4.33. The van der Waals surface area contributed by atoms with Crippen molar-refractivity contribution in [1.29, 1.82) is 0 Å². The third-order valence-corrected chi connectivity index (χ3v) is 5.02. The normalized spacial score (nSPS) is 14.2. The summed E-state index contributed by atoms with van der Waals surface area (Å²) >= 11 is 3.45. The SMILES string of the molecule is O=C(Cn1nc(C2CC2)cc1C(F)F)Nc1ccc(Br)c2cccnc12. The highest BCUT2D eigenvalue weighted by molar-refractivity contribution is 9.10. The second-order valence-corrected chi connectivity index (χ2v) is 7.12. The Kier molecular flexibility index (Phi) is 4.44. The summed E-state index contributed by atoms with van der Waals surface area (Å²) in [5.74, 6) is -0.178. The molecule has 0 spiro atoms. The first kappa shape index (κ1) is 17.1. The molecule has 1 aliphatic carbocycles. The van der Waals surface area contributed by atoms with Crippen molar-refractivity contribution in [2.24, 2.45) is 0 Å². The van der Waals surface area contributed by atoms with Crippen molar-refractivity contribution in [3.05, 3.63) is 52.4 Å². The molecule has 0 atom stereocenters. The van der Waals surface area contributed by atoms with E-state index in [1.165, 1.54) is 6.07 Å². The van der Waals surface area contributed by atoms with Crippen LogP contribution in [0.5, 0.6) is 0 Å². The first-order chi connectivity index (χ1) is 12.5. The van der Waals surface area contributed by atoms with Gasteiger partial charge in [-0.15, -0.1) is 0 Å². The Morgan fingerprint density at radius 1 is 1.35 bits per heavy atom. The van der Waals surface area contributed by atoms with Gasteiger partial charge in [-0.1, -0.05) is 22.0 Å². The fraction of sp³-hybridized carbons (Fsp3) is 0.278. The smallest absolute Gasteiger partial charge is 0.280 e. The first-order valence-electron chi connectivity index (χ1n) is 8.22. The summed E-state index contributed by atoms with van der Waals surface area (Å²) in [7, 11) is 0. The highest BCUT2D eigenvalue weighted by Gasteiger charge is 2.29. The van der Waals surface area contributed by atoms with Gasteiger partial charge >= 0.3 is 0 Å². The number of pyridine rings is 1. The second-order valence-electron chi connectivity index (χ2n) is 6.27. The second kappa shape index (κ2) is 6.75. The molecule has 2 aromatic heterocycles. The van der Waals surface area contributed by atoms with Crippen LogP contribution in [0.2, 0.25) is 0 Å². The average Bonchev–Trinajstić information content (AvgIpc) is 3.38. The van der Waals surface area contributed by atoms with Crippen LogP contribution in [0.15, 0.2) is 41.0 Å². The van der Waals surface area contributed by atoms with E-state index in [0.717, 1.165) is 27.4 Å². The first-order valence-corrected chi connectivity index (χ1v) is 9.01. The maximum atomic E-state index is 13.2. The van der Waals surface area contributed by atoms with Gasteiger partial charge < -0.3 is 5.32 Å². The molecule has 1 amide bonds. The Balaban J connectivity index is 1.57. The van der Waals surface area contributed by atoms with Gasteiger partial charge in [-0.05, 0) is 37.1 Å². The molecule has 4 rings (SSSR count). The van der Waals surface area contributed by atoms with Crippen molar-refractivity contribution >= 4 is 38.4 Å². The van der Waals surface area contributed by atoms with Gasteiger partial charge in [0.25, 0.3) is 6.43 Å². The molecule has 1 aromatic carbocycles. The van der Waals surface area contributed by atoms with Gasteiger partial charge in [0.1, 0.15) is 12.2 Å². The molecule has 1 saturated carbocycles. The van der Waals surface area contributed by atoms with E-state index in [1.54, 1.807) is 18.3 Å². The van der Waals surface area contributed by atoms with Crippen LogP contribution in [0.25, 0.3) is 10.9 Å². The molecule has 0 radical (unpaired) electrons. The zero-order valence-corrected chi connectivity index (χ0v) is 15.2. The predicted octanol–water partition coefficient (Wildman–Crippen LogP) is 4.65. The van der Waals surface area contributed by atoms with E-state index < -0.39 is 12.3 Å². The number of aromatic nitrogens is 3. The lowest BCUT2D eigenvalue weighted by Gasteiger charge is -2.10. The summed E-state index contributed by atoms with van der Waals surface area (Å²) in [6.07, 6.45) is 0.887. The lowest BCUT2D eigenvalue weighted by molar-refractivity contribution is -0.117. The van der Waals surface area contributed by atoms with E-state index in [4.69, 9.17) is 0 Å². The number of carbonyl (C=O) groups excluding carboxylic acids is 1. The number of nitrogens with one attached hydrogen (secondary N) is 1. The monoisotopic (exact) mass is 420 g/mol. The highest BCUT2D eigenvalue weighted by atomic mass is 79.9. The molecular formula is C18H15BrF2N4O. The number of hydrogen-bond donors (Lipinski definition) is 1. The van der Waals surface area contributed by atoms with Crippen LogP contribution >= 0.6 is 15.9 Å². The van der Waals surface area contributed by atoms with E-state index in [1.807, 2.05) is 12.1 Å². The maximum Gasteiger partial charge on any atom is 0.280 e. The molecule has 0 bridgehead atoms. The summed E-state index contributed by atoms with van der Waals surface area (Å²) in [4.78, 5) is 16.7. The van der Waals surface area contributed by atoms with Gasteiger partial charge in [-0.25, -0.2) is 8.78 Å². The summed E-state index contributed by atoms with van der Waals surface area (Å²) in [5, 5.41) is 7.81. The molecule has 1 N–H and O–H groups in total. The Hall–Kier alpha value is -2.35. The van der Waals surface area contributed by atoms with Crippen LogP contribution in [0.1, 0.15) is 36.6 Å². The van der Waals surface area contributed by atoms with Gasteiger partial charge in [0.2, 0.25) is 5.91 Å². The van der Waals surface area contributed by atoms with E-state index in [0.29, 0.717) is 16.9 Å². The lowest BCUT2D eigenvalue weighted by Crippen LogP contribution is -2.21. The van der Waals surface area contributed by atoms with Gasteiger partial charge in [0.05, 0.1) is 16.9 Å². The zero-order valence-electron chi connectivity index (χ0n) is 13.6. The number of rotatable bonds is 5. The van der Waals surface area contributed by atoms with E-state index in [2.05, 4.69) is 31.3 Å². The number of halogens is 3. The standard InChI is InChI=1S/C18H15BrF2N4O/c19-12-5-6-13(17-11(12)2-1-7-22-17)23-16(26)9-25-15(18(20)21)8-14(24-25)10-3-4-10/h1-2,5-8,10,18H,3-4,9H2,(H,23,26). The fourth-order valence-corrected chi connectivity index (χ4v) is 3.35. The number of carbonyl (C=O) groups is 1. The molecule has 5 nitrogen and oxygen atoms in total. The molecule has 2 heterocycles. The van der Waals surface area contributed by atoms with Crippen molar-refractivity contribution in [3.63, 3.8) is 0 Å². The van der Waals surface area contributed by atoms with Crippen LogP contribution in [-0.2, 0) is 11.3 Å². The van der Waals surface area contributed by atoms with Crippen LogP contribution in [0, 0.1) is 0 Å². The summed E-state index contributed by atoms with van der Waals surface area (Å²) in [5.41, 5.74) is 1.58. The molecule has 1 fully saturated rings. The molecule has 26 heavy (non-hydrogen) atoms. The summed E-state index contributed by atoms with van der Waals surface area (Å²) in [6.45, 7) is -0.267. The molecule has 0 unspecified atom stereocenters. The van der Waals surface area contributed by atoms with E-state index >= 15 is 0 Å². The van der Waals surface area contributed by atoms with Crippen LogP contribution in [-0.4, -0.2) is 20.7 Å². The largest absolute Gasteiger partial charge is 0.323 e. The minimum absolute atomic E-state index is 0.221. The number of anilines is 1. The summed E-state index contributed by atoms with van der Waals surface area (Å²) < 4.78 is 28.5. The van der Waals surface area contributed by atoms with Crippen molar-refractivity contribution in [3.8, 4) is 0 Å². The van der Waals surface area contributed by atoms with Gasteiger partial charge in [0.15, 0.2) is 0 Å². The van der Waals surface area contributed by atoms with Crippen molar-refractivity contribution < 1.29 is 13.6 Å². The lowest BCUT2D eigenvalue weighted by atomic mass is 10.2. The Morgan fingerprint density at radius 2 is 2.15 bits per heavy atom. The zero-order chi connectivity index (χ0) is 18.3. The molecule has 0 aliphatic heterocycles. The average molecular weight is 421 g/mol. The van der Waals surface area contributed by atoms with Crippen LogP contribution < -0.4 is 5.32 Å². The van der Waals surface area contributed by atoms with Crippen molar-refractivity contribution in [2.45, 2.75) is 31.7 Å². The molecule has 0 saturated heterocycles. The fourth-order valence-electron chi connectivity index (χ4n) is 2.90. The quantitative estimate of drug-likeness (QED) is 0.653. The summed E-state index contributed by atoms with van der Waals surface area (Å²) in [6, 6.07) is 8.63. The van der Waals surface area contributed by atoms with Crippen LogP contribution in [0.3, 0.4) is 0 Å². The number of amides is 1. The number of alkyl halides is 2. The maximum absolute atomic E-state index is 13.2.